The van der Waals surface area contributed by atoms with E-state index in [-0.39, 0.29) is 0 Å². The van der Waals surface area contributed by atoms with E-state index >= 15 is 0 Å². The molecule has 14 rings (SSSR count). The highest BCUT2D eigenvalue weighted by atomic mass is 15.1. The third-order valence-corrected chi connectivity index (χ3v) is 16.0. The molecule has 0 unspecified atom stereocenters. The van der Waals surface area contributed by atoms with Crippen molar-refractivity contribution >= 4 is 89.0 Å². The summed E-state index contributed by atoms with van der Waals surface area (Å²) in [7, 11) is 0. The minimum atomic E-state index is 0.903. The highest BCUT2D eigenvalue weighted by Crippen LogP contribution is 2.44. The highest BCUT2D eigenvalue weighted by Gasteiger charge is 2.21. The van der Waals surface area contributed by atoms with E-state index in [0.29, 0.717) is 0 Å². The topological polar surface area (TPSA) is 16.3 Å². The maximum Gasteiger partial charge on any atom is 0.0542 e. The fraction of sp³-hybridized carbons (Fsp3) is 0.0667. The lowest BCUT2D eigenvalue weighted by atomic mass is 10.0. The Morgan fingerprint density at radius 2 is 0.797 bits per heavy atom. The van der Waals surface area contributed by atoms with Gasteiger partial charge in [0, 0.05) is 67.1 Å². The van der Waals surface area contributed by atoms with Crippen LogP contribution >= 0.6 is 0 Å². The molecule has 0 saturated carbocycles. The zero-order valence-corrected chi connectivity index (χ0v) is 44.5. The van der Waals surface area contributed by atoms with E-state index in [4.69, 9.17) is 0 Å². The Kier molecular flexibility index (Phi) is 12.2. The second-order valence-corrected chi connectivity index (χ2v) is 21.0. The number of fused-ring (bicyclic) bond motifs is 6. The van der Waals surface area contributed by atoms with Gasteiger partial charge in [0.15, 0.2) is 0 Å². The number of benzene rings is 10. The van der Waals surface area contributed by atoms with Crippen molar-refractivity contribution in [1.82, 2.24) is 9.13 Å². The largest absolute Gasteiger partial charge is 0.313 e. The fourth-order valence-electron chi connectivity index (χ4n) is 12.0. The molecule has 0 N–H and O–H groups in total. The molecule has 378 valence electrons. The van der Waals surface area contributed by atoms with Crippen LogP contribution in [0.1, 0.15) is 37.3 Å². The molecule has 79 heavy (non-hydrogen) atoms. The molecule has 4 nitrogen and oxygen atoms in total. The number of rotatable bonds is 11. The average molecular weight is 1020 g/mol. The predicted octanol–water partition coefficient (Wildman–Crippen LogP) is 21.0. The molecule has 12 aromatic rings. The Hall–Kier alpha value is -9.90. The molecule has 2 aliphatic rings. The van der Waals surface area contributed by atoms with Crippen LogP contribution in [-0.2, 0) is 0 Å². The first-order valence-electron chi connectivity index (χ1n) is 27.6. The van der Waals surface area contributed by atoms with E-state index in [0.717, 1.165) is 70.2 Å². The second kappa shape index (κ2) is 20.2. The smallest absolute Gasteiger partial charge is 0.0542 e. The molecule has 0 atom stereocenters. The fourth-order valence-corrected chi connectivity index (χ4v) is 12.0. The minimum absolute atomic E-state index is 0.903. The van der Waals surface area contributed by atoms with Crippen LogP contribution in [0.15, 0.2) is 285 Å². The van der Waals surface area contributed by atoms with Crippen molar-refractivity contribution in [3.8, 4) is 27.9 Å². The van der Waals surface area contributed by atoms with Crippen LogP contribution in [0, 0.1) is 6.92 Å². The molecule has 0 saturated heterocycles. The first-order valence-corrected chi connectivity index (χ1v) is 27.6. The van der Waals surface area contributed by atoms with Gasteiger partial charge in [0.2, 0.25) is 0 Å². The lowest BCUT2D eigenvalue weighted by molar-refractivity contribution is 0.979. The summed E-state index contributed by atoms with van der Waals surface area (Å²) in [6.07, 6.45) is 18.6. The van der Waals surface area contributed by atoms with Crippen LogP contribution < -0.4 is 9.80 Å². The molecule has 0 fully saturated rings. The molecule has 2 heterocycles. The third kappa shape index (κ3) is 8.88. The summed E-state index contributed by atoms with van der Waals surface area (Å²) in [4.78, 5) is 4.80. The highest BCUT2D eigenvalue weighted by molar-refractivity contribution is 6.12. The molecule has 0 aliphatic heterocycles. The van der Waals surface area contributed by atoms with E-state index < -0.39 is 0 Å². The molecular weight excluding hydrogens is 957 g/mol. The zero-order chi connectivity index (χ0) is 52.8. The Labute approximate surface area is 462 Å². The predicted molar refractivity (Wildman–Crippen MR) is 337 cm³/mol. The van der Waals surface area contributed by atoms with Gasteiger partial charge in [-0.15, -0.1) is 0 Å². The van der Waals surface area contributed by atoms with Gasteiger partial charge in [0.25, 0.3) is 0 Å². The molecule has 2 aliphatic carbocycles. The van der Waals surface area contributed by atoms with Gasteiger partial charge < -0.3 is 18.9 Å². The van der Waals surface area contributed by atoms with Gasteiger partial charge in [-0.1, -0.05) is 175 Å². The Bertz CT molecular complexity index is 4410. The maximum atomic E-state index is 2.46. The van der Waals surface area contributed by atoms with E-state index in [1.807, 2.05) is 0 Å². The SMILES string of the molecule is CC1=CC=C(c2ccc(N(c3ccc(-c4ccc(N(c5ccc(-c6ccc(C)cc6)cc5)c5ccc6c(c5)c5ccccc5n6C5=CC=CCC5)cc4)cc3)c3ccc4c(c3)c3ccccc3n4-c3ccccc3)cc2)CC=C1. The summed E-state index contributed by atoms with van der Waals surface area (Å²) in [5, 5.41) is 4.94. The van der Waals surface area contributed by atoms with Crippen molar-refractivity contribution in [2.24, 2.45) is 0 Å². The van der Waals surface area contributed by atoms with E-state index in [2.05, 4.69) is 312 Å². The van der Waals surface area contributed by atoms with Gasteiger partial charge in [-0.05, 0) is 182 Å². The number of aromatic nitrogens is 2. The van der Waals surface area contributed by atoms with Gasteiger partial charge in [-0.25, -0.2) is 0 Å². The lowest BCUT2D eigenvalue weighted by Gasteiger charge is -2.27. The molecule has 4 heteroatoms. The zero-order valence-electron chi connectivity index (χ0n) is 44.5. The number of para-hydroxylation sites is 3. The van der Waals surface area contributed by atoms with Crippen LogP contribution in [0.3, 0.4) is 0 Å². The Morgan fingerprint density at radius 1 is 0.354 bits per heavy atom. The summed E-state index contributed by atoms with van der Waals surface area (Å²) in [5.41, 5.74) is 23.7. The van der Waals surface area contributed by atoms with Crippen LogP contribution in [0.4, 0.5) is 34.1 Å². The van der Waals surface area contributed by atoms with Gasteiger partial charge >= 0.3 is 0 Å². The molecule has 10 aromatic carbocycles. The standard InChI is InChI=1S/C75H58N4/c1-52-14-13-15-54(27-24-52)56-30-38-62(39-31-56)76(66-46-48-74-70(50-66)68-20-9-11-22-72(68)78(74)60-16-5-3-6-17-60)64-42-34-58(35-43-64)59-36-44-65(45-37-59)77(63-40-32-57(33-41-63)55-28-25-53(2)26-29-55)67-47-49-75-71(51-67)69-21-10-12-23-73(69)79(75)61-18-7-4-8-19-61/h3-7,9-14,16-18,20-51H,8,15,19H2,1-2H3. The van der Waals surface area contributed by atoms with Crippen LogP contribution in [0.2, 0.25) is 0 Å². The van der Waals surface area contributed by atoms with E-state index in [1.54, 1.807) is 0 Å². The van der Waals surface area contributed by atoms with Gasteiger partial charge in [0.1, 0.15) is 0 Å². The molecule has 0 spiro atoms. The van der Waals surface area contributed by atoms with Crippen molar-refractivity contribution in [3.63, 3.8) is 0 Å². The number of aryl methyl sites for hydroxylation is 1. The first-order chi connectivity index (χ1) is 39.0. The number of nitrogens with zero attached hydrogens (tertiary/aromatic N) is 4. The van der Waals surface area contributed by atoms with E-state index in [1.165, 1.54) is 82.7 Å². The number of allylic oxidation sites excluding steroid dienone is 10. The molecule has 0 bridgehead atoms. The summed E-state index contributed by atoms with van der Waals surface area (Å²) >= 11 is 0. The normalized spacial score (nSPS) is 13.4. The van der Waals surface area contributed by atoms with Crippen LogP contribution in [-0.4, -0.2) is 9.13 Å². The van der Waals surface area contributed by atoms with Crippen molar-refractivity contribution in [2.75, 3.05) is 9.80 Å². The first kappa shape index (κ1) is 47.5. The van der Waals surface area contributed by atoms with Crippen LogP contribution in [0.25, 0.3) is 82.8 Å². The minimum Gasteiger partial charge on any atom is -0.313 e. The Morgan fingerprint density at radius 3 is 1.32 bits per heavy atom. The molecule has 0 radical (unpaired) electrons. The Balaban J connectivity index is 0.838. The van der Waals surface area contributed by atoms with Crippen molar-refractivity contribution in [2.45, 2.75) is 33.1 Å². The summed E-state index contributed by atoms with van der Waals surface area (Å²) in [6, 6.07) is 87.3. The second-order valence-electron chi connectivity index (χ2n) is 21.0. The number of hydrogen-bond acceptors (Lipinski definition) is 2. The van der Waals surface area contributed by atoms with E-state index in [9.17, 15) is 0 Å². The quantitative estimate of drug-likeness (QED) is 0.128. The molecule has 0 amide bonds. The van der Waals surface area contributed by atoms with Crippen molar-refractivity contribution in [3.05, 3.63) is 296 Å². The average Bonchev–Trinajstić information content (AvgIpc) is 4.14. The van der Waals surface area contributed by atoms with Gasteiger partial charge in [0.05, 0.1) is 22.1 Å². The lowest BCUT2D eigenvalue weighted by Crippen LogP contribution is -2.10. The monoisotopic (exact) mass is 1010 g/mol. The number of anilines is 6. The summed E-state index contributed by atoms with van der Waals surface area (Å²) < 4.78 is 4.85. The van der Waals surface area contributed by atoms with Crippen molar-refractivity contribution in [1.29, 1.82) is 0 Å². The van der Waals surface area contributed by atoms with Crippen LogP contribution in [0.5, 0.6) is 0 Å². The number of hydrogen-bond donors (Lipinski definition) is 0. The maximum absolute atomic E-state index is 2.46. The third-order valence-electron chi connectivity index (χ3n) is 16.0. The molecular formula is C75H58N4. The summed E-state index contributed by atoms with van der Waals surface area (Å²) in [5.74, 6) is 0. The van der Waals surface area contributed by atoms with Crippen molar-refractivity contribution < 1.29 is 0 Å². The summed E-state index contributed by atoms with van der Waals surface area (Å²) in [6.45, 7) is 4.29. The molecule has 2 aromatic heterocycles. The van der Waals surface area contributed by atoms with Gasteiger partial charge in [-0.2, -0.15) is 0 Å². The van der Waals surface area contributed by atoms with Gasteiger partial charge in [-0.3, -0.25) is 0 Å².